The first-order valence-corrected chi connectivity index (χ1v) is 17.5. The summed E-state index contributed by atoms with van der Waals surface area (Å²) in [6.45, 7) is 16.6. The van der Waals surface area contributed by atoms with Gasteiger partial charge in [-0.2, -0.15) is 0 Å². The average Bonchev–Trinajstić information content (AvgIpc) is 3.29. The normalized spacial score (nSPS) is 41.2. The molecule has 7 rings (SSSR count). The molecule has 4 heteroatoms. The Labute approximate surface area is 264 Å². The van der Waals surface area contributed by atoms with Crippen molar-refractivity contribution < 1.29 is 14.7 Å². The number of rotatable bonds is 4. The summed E-state index contributed by atoms with van der Waals surface area (Å²) >= 11 is 0. The van der Waals surface area contributed by atoms with Gasteiger partial charge in [0.05, 0.1) is 17.0 Å². The van der Waals surface area contributed by atoms with Gasteiger partial charge >= 0.3 is 0 Å². The van der Waals surface area contributed by atoms with E-state index in [2.05, 4.69) is 65.6 Å². The van der Waals surface area contributed by atoms with Gasteiger partial charge in [-0.25, -0.2) is 0 Å². The first-order valence-electron chi connectivity index (χ1n) is 17.5. The summed E-state index contributed by atoms with van der Waals surface area (Å²) in [6.07, 6.45) is 10.6. The van der Waals surface area contributed by atoms with Crippen molar-refractivity contribution in [2.75, 3.05) is 0 Å². The van der Waals surface area contributed by atoms with E-state index in [0.29, 0.717) is 24.7 Å². The van der Waals surface area contributed by atoms with Crippen LogP contribution < -0.4 is 0 Å². The van der Waals surface area contributed by atoms with Crippen molar-refractivity contribution >= 4 is 22.5 Å². The lowest BCUT2D eigenvalue weighted by Gasteiger charge is -2.72. The molecular formula is C40H53NO3. The lowest BCUT2D eigenvalue weighted by atomic mass is 9.33. The molecule has 1 aromatic carbocycles. The van der Waals surface area contributed by atoms with Crippen molar-refractivity contribution in [2.24, 2.45) is 50.7 Å². The molecule has 8 atom stereocenters. The number of pyridine rings is 1. The summed E-state index contributed by atoms with van der Waals surface area (Å²) in [5, 5.41) is 12.1. The van der Waals surface area contributed by atoms with Gasteiger partial charge in [0.1, 0.15) is 5.78 Å². The van der Waals surface area contributed by atoms with E-state index in [9.17, 15) is 14.7 Å². The van der Waals surface area contributed by atoms with Gasteiger partial charge in [0.25, 0.3) is 0 Å². The van der Waals surface area contributed by atoms with Gasteiger partial charge in [0.2, 0.25) is 0 Å². The number of carbonyl (C=O) groups excluding carboxylic acids is 2. The molecule has 44 heavy (non-hydrogen) atoms. The number of fused-ring (bicyclic) bond motifs is 8. The van der Waals surface area contributed by atoms with E-state index in [0.717, 1.165) is 67.0 Å². The summed E-state index contributed by atoms with van der Waals surface area (Å²) in [6, 6.07) is 10.2. The highest BCUT2D eigenvalue weighted by atomic mass is 16.3. The third-order valence-corrected chi connectivity index (χ3v) is 15.0. The van der Waals surface area contributed by atoms with Crippen molar-refractivity contribution in [3.05, 3.63) is 53.2 Å². The predicted molar refractivity (Wildman–Crippen MR) is 176 cm³/mol. The molecule has 0 radical (unpaired) electrons. The van der Waals surface area contributed by atoms with E-state index in [1.54, 1.807) is 0 Å². The van der Waals surface area contributed by atoms with Crippen LogP contribution in [0.5, 0.6) is 0 Å². The van der Waals surface area contributed by atoms with Crippen molar-refractivity contribution in [3.63, 3.8) is 0 Å². The van der Waals surface area contributed by atoms with Crippen molar-refractivity contribution in [1.82, 2.24) is 4.98 Å². The second kappa shape index (κ2) is 9.84. The zero-order valence-corrected chi connectivity index (χ0v) is 28.1. The van der Waals surface area contributed by atoms with E-state index in [-0.39, 0.29) is 51.2 Å². The second-order valence-corrected chi connectivity index (χ2v) is 17.3. The Kier molecular flexibility index (Phi) is 6.78. The largest absolute Gasteiger partial charge is 0.393 e. The van der Waals surface area contributed by atoms with Crippen LogP contribution in [-0.4, -0.2) is 27.8 Å². The number of benzene rings is 1. The molecule has 1 heterocycles. The molecule has 0 amide bonds. The number of hydrogen-bond acceptors (Lipinski definition) is 4. The molecule has 2 aromatic rings. The molecule has 236 valence electrons. The van der Waals surface area contributed by atoms with Gasteiger partial charge in [0.15, 0.2) is 5.78 Å². The summed E-state index contributed by atoms with van der Waals surface area (Å²) < 4.78 is 0. The molecule has 4 saturated carbocycles. The fraction of sp³-hybridized carbons (Fsp3) is 0.675. The zero-order chi connectivity index (χ0) is 31.4. The molecule has 0 bridgehead atoms. The molecule has 4 fully saturated rings. The standard InChI is InChI=1S/C40H53NO3/c1-24(2)34-29(42)22-40(33(44)21-25-20-26-10-8-9-11-28(26)41-23-25)19-18-38(6)27(35(34)40)12-13-31-37(5)16-15-32(43)36(3,4)30(37)14-17-39(31,38)7/h8-11,20,23-24,27,30-32,43H,12-19,21-22H2,1-7H3/t27-,30+,31-,32+,37+,38-,39-,40+/m1/s1. The maximum Gasteiger partial charge on any atom is 0.160 e. The number of aliphatic hydroxyl groups is 1. The van der Waals surface area contributed by atoms with Crippen LogP contribution in [0.2, 0.25) is 0 Å². The Morgan fingerprint density at radius 1 is 0.932 bits per heavy atom. The molecule has 5 aliphatic rings. The molecular weight excluding hydrogens is 542 g/mol. The van der Waals surface area contributed by atoms with Crippen LogP contribution in [0.25, 0.3) is 10.9 Å². The van der Waals surface area contributed by atoms with E-state index in [4.69, 9.17) is 0 Å². The Bertz CT molecular complexity index is 1570. The highest BCUT2D eigenvalue weighted by Crippen LogP contribution is 2.76. The number of carbonyl (C=O) groups is 2. The van der Waals surface area contributed by atoms with Crippen molar-refractivity contribution in [2.45, 2.75) is 119 Å². The van der Waals surface area contributed by atoms with Crippen LogP contribution in [0.3, 0.4) is 0 Å². The molecule has 0 saturated heterocycles. The lowest BCUT2D eigenvalue weighted by Crippen LogP contribution is -2.65. The van der Waals surface area contributed by atoms with E-state index in [1.165, 1.54) is 12.0 Å². The highest BCUT2D eigenvalue weighted by molar-refractivity contribution is 6.07. The van der Waals surface area contributed by atoms with Crippen LogP contribution in [-0.2, 0) is 16.0 Å². The maximum absolute atomic E-state index is 14.7. The second-order valence-electron chi connectivity index (χ2n) is 17.3. The lowest BCUT2D eigenvalue weighted by molar-refractivity contribution is -0.228. The van der Waals surface area contributed by atoms with Crippen molar-refractivity contribution in [1.29, 1.82) is 0 Å². The fourth-order valence-corrected chi connectivity index (χ4v) is 12.5. The summed E-state index contributed by atoms with van der Waals surface area (Å²) in [5.74, 6) is 1.94. The summed E-state index contributed by atoms with van der Waals surface area (Å²) in [5.41, 5.74) is 3.76. The molecule has 4 nitrogen and oxygen atoms in total. The van der Waals surface area contributed by atoms with Crippen LogP contribution in [0.4, 0.5) is 0 Å². The molecule has 1 N–H and O–H groups in total. The molecule has 0 unspecified atom stereocenters. The predicted octanol–water partition coefficient (Wildman–Crippen LogP) is 8.69. The smallest absolute Gasteiger partial charge is 0.160 e. The number of hydrogen-bond donors (Lipinski definition) is 1. The minimum atomic E-state index is -0.673. The Morgan fingerprint density at radius 2 is 1.68 bits per heavy atom. The Balaban J connectivity index is 1.28. The minimum absolute atomic E-state index is 0.0402. The third kappa shape index (κ3) is 3.88. The van der Waals surface area contributed by atoms with Gasteiger partial charge < -0.3 is 5.11 Å². The number of nitrogens with zero attached hydrogens (tertiary/aromatic N) is 1. The quantitative estimate of drug-likeness (QED) is 0.384. The first-order chi connectivity index (χ1) is 20.7. The topological polar surface area (TPSA) is 67.3 Å². The van der Waals surface area contributed by atoms with Gasteiger partial charge in [-0.05, 0) is 126 Å². The minimum Gasteiger partial charge on any atom is -0.393 e. The van der Waals surface area contributed by atoms with Crippen LogP contribution >= 0.6 is 0 Å². The van der Waals surface area contributed by atoms with Crippen LogP contribution in [0, 0.1) is 50.7 Å². The fourth-order valence-electron chi connectivity index (χ4n) is 12.5. The molecule has 5 aliphatic carbocycles. The average molecular weight is 596 g/mol. The van der Waals surface area contributed by atoms with E-state index >= 15 is 0 Å². The Hall–Kier alpha value is -2.33. The highest BCUT2D eigenvalue weighted by Gasteiger charge is 2.70. The number of ketones is 2. The third-order valence-electron chi connectivity index (χ3n) is 15.0. The SMILES string of the molecule is CC(C)C1=C2[C@H]3CC[C@@H]4[C@@]5(C)CC[C@H](O)C(C)(C)[C@@H]5CC[C@@]4(C)[C@]3(C)CC[C@@]2(C(=O)Cc2cnc3ccccc3c2)CC1=O. The molecule has 0 spiro atoms. The number of allylic oxidation sites excluding steroid dienone is 2. The van der Waals surface area contributed by atoms with Gasteiger partial charge in [0, 0.05) is 24.4 Å². The summed E-state index contributed by atoms with van der Waals surface area (Å²) in [4.78, 5) is 33.3. The monoisotopic (exact) mass is 595 g/mol. The van der Waals surface area contributed by atoms with Gasteiger partial charge in [-0.3, -0.25) is 14.6 Å². The number of aromatic nitrogens is 1. The Morgan fingerprint density at radius 3 is 2.43 bits per heavy atom. The molecule has 0 aliphatic heterocycles. The van der Waals surface area contributed by atoms with Gasteiger partial charge in [-0.15, -0.1) is 0 Å². The van der Waals surface area contributed by atoms with E-state index in [1.807, 2.05) is 24.4 Å². The summed E-state index contributed by atoms with van der Waals surface area (Å²) in [7, 11) is 0. The number of para-hydroxylation sites is 1. The van der Waals surface area contributed by atoms with Crippen LogP contribution in [0.1, 0.15) is 112 Å². The maximum atomic E-state index is 14.7. The zero-order valence-electron chi connectivity index (χ0n) is 28.1. The van der Waals surface area contributed by atoms with E-state index < -0.39 is 5.41 Å². The van der Waals surface area contributed by atoms with Crippen molar-refractivity contribution in [3.8, 4) is 0 Å². The van der Waals surface area contributed by atoms with Gasteiger partial charge in [-0.1, -0.05) is 66.7 Å². The molecule has 1 aromatic heterocycles. The van der Waals surface area contributed by atoms with Crippen LogP contribution in [0.15, 0.2) is 47.7 Å². The number of Topliss-reactive ketones (excluding diaryl/α,β-unsaturated/α-hetero) is 2. The first kappa shape index (κ1) is 30.3. The number of aliphatic hydroxyl groups excluding tert-OH is 1.